The summed E-state index contributed by atoms with van der Waals surface area (Å²) in [4.78, 5) is 22.9. The molecule has 0 bridgehead atoms. The first-order valence-corrected chi connectivity index (χ1v) is 8.00. The van der Waals surface area contributed by atoms with Gasteiger partial charge in [0, 0.05) is 5.69 Å². The Morgan fingerprint density at radius 1 is 1.33 bits per heavy atom. The molecular weight excluding hydrogens is 367 g/mol. The minimum Gasteiger partial charge on any atom is -0.478 e. The summed E-state index contributed by atoms with van der Waals surface area (Å²) in [5, 5.41) is 15.1. The summed E-state index contributed by atoms with van der Waals surface area (Å²) >= 11 is 0. The molecule has 1 heterocycles. The summed E-state index contributed by atoms with van der Waals surface area (Å²) in [5.41, 5.74) is -2.14. The molecule has 0 unspecified atom stereocenters. The second-order valence-corrected chi connectivity index (χ2v) is 5.89. The highest BCUT2D eigenvalue weighted by molar-refractivity contribution is 5.91. The van der Waals surface area contributed by atoms with Crippen LogP contribution in [0, 0.1) is 0 Å². The summed E-state index contributed by atoms with van der Waals surface area (Å²) < 4.78 is 45.6. The summed E-state index contributed by atoms with van der Waals surface area (Å²) in [6.45, 7) is 3.87. The van der Waals surface area contributed by atoms with E-state index in [9.17, 15) is 22.8 Å². The highest BCUT2D eigenvalue weighted by Crippen LogP contribution is 2.34. The minimum absolute atomic E-state index is 0.0230. The lowest BCUT2D eigenvalue weighted by Crippen LogP contribution is -2.18. The van der Waals surface area contributed by atoms with Crippen LogP contribution in [0.2, 0.25) is 0 Å². The molecule has 27 heavy (non-hydrogen) atoms. The lowest BCUT2D eigenvalue weighted by Gasteiger charge is -2.13. The molecule has 2 rings (SSSR count). The maximum Gasteiger partial charge on any atom is 0.434 e. The molecule has 0 aliphatic carbocycles. The second-order valence-electron chi connectivity index (χ2n) is 5.89. The van der Waals surface area contributed by atoms with Crippen LogP contribution in [-0.4, -0.2) is 39.5 Å². The number of benzene rings is 1. The molecule has 0 spiro atoms. The molecule has 1 amide bonds. The lowest BCUT2D eigenvalue weighted by molar-refractivity contribution is -0.143. The van der Waals surface area contributed by atoms with Gasteiger partial charge in [0.25, 0.3) is 0 Å². The van der Waals surface area contributed by atoms with Gasteiger partial charge in [-0.15, -0.1) is 0 Å². The standard InChI is InChI=1S/C17H18F3N3O4/c1-10(2)27-7-6-14(24)22-11-4-3-5-12(8-11)23-15(17(18,19)20)13(9-21-23)16(25)26/h3-5,8-10H,6-7H2,1-2H3,(H,22,24)(H,25,26). The molecule has 1 aromatic carbocycles. The van der Waals surface area contributed by atoms with Crippen LogP contribution in [0.15, 0.2) is 30.5 Å². The van der Waals surface area contributed by atoms with Gasteiger partial charge in [-0.3, -0.25) is 4.79 Å². The van der Waals surface area contributed by atoms with Gasteiger partial charge < -0.3 is 15.2 Å². The van der Waals surface area contributed by atoms with Crippen molar-refractivity contribution in [3.05, 3.63) is 41.7 Å². The molecular formula is C17H18F3N3O4. The summed E-state index contributed by atoms with van der Waals surface area (Å²) in [6.07, 6.45) is -4.22. The number of aromatic carboxylic acids is 1. The first-order valence-electron chi connectivity index (χ1n) is 8.00. The zero-order chi connectivity index (χ0) is 20.2. The van der Waals surface area contributed by atoms with Crippen LogP contribution in [-0.2, 0) is 15.7 Å². The van der Waals surface area contributed by atoms with Crippen LogP contribution in [0.5, 0.6) is 0 Å². The van der Waals surface area contributed by atoms with Crippen LogP contribution in [0.4, 0.5) is 18.9 Å². The van der Waals surface area contributed by atoms with Gasteiger partial charge in [-0.05, 0) is 32.0 Å². The van der Waals surface area contributed by atoms with Gasteiger partial charge in [0.1, 0.15) is 5.56 Å². The van der Waals surface area contributed by atoms with E-state index in [0.29, 0.717) is 10.9 Å². The Bertz CT molecular complexity index is 831. The number of halogens is 3. The van der Waals surface area contributed by atoms with Gasteiger partial charge in [0.15, 0.2) is 5.69 Å². The Labute approximate surface area is 152 Å². The number of alkyl halides is 3. The van der Waals surface area contributed by atoms with E-state index in [-0.39, 0.29) is 36.4 Å². The normalized spacial score (nSPS) is 11.6. The number of ether oxygens (including phenoxy) is 1. The van der Waals surface area contributed by atoms with Gasteiger partial charge in [-0.25, -0.2) is 9.48 Å². The number of rotatable bonds is 7. The predicted molar refractivity (Wildman–Crippen MR) is 89.9 cm³/mol. The van der Waals surface area contributed by atoms with Crippen molar-refractivity contribution in [3.8, 4) is 5.69 Å². The fourth-order valence-corrected chi connectivity index (χ4v) is 2.30. The highest BCUT2D eigenvalue weighted by atomic mass is 19.4. The third kappa shape index (κ3) is 5.30. The number of hydrogen-bond acceptors (Lipinski definition) is 4. The van der Waals surface area contributed by atoms with Gasteiger partial charge in [0.2, 0.25) is 5.91 Å². The number of amides is 1. The largest absolute Gasteiger partial charge is 0.478 e. The van der Waals surface area contributed by atoms with Gasteiger partial charge in [-0.2, -0.15) is 18.3 Å². The molecule has 2 aromatic rings. The van der Waals surface area contributed by atoms with Crippen LogP contribution in [0.1, 0.15) is 36.3 Å². The number of aromatic nitrogens is 2. The number of carboxylic acids is 1. The lowest BCUT2D eigenvalue weighted by atomic mass is 10.2. The van der Waals surface area contributed by atoms with Crippen LogP contribution in [0.3, 0.4) is 0 Å². The van der Waals surface area contributed by atoms with Crippen molar-refractivity contribution in [2.45, 2.75) is 32.5 Å². The Kier molecular flexibility index (Phi) is 6.21. The molecule has 0 atom stereocenters. The molecule has 0 fully saturated rings. The fraction of sp³-hybridized carbons (Fsp3) is 0.353. The van der Waals surface area contributed by atoms with Crippen LogP contribution >= 0.6 is 0 Å². The molecule has 2 N–H and O–H groups in total. The minimum atomic E-state index is -4.92. The first kappa shape index (κ1) is 20.4. The molecule has 1 aromatic heterocycles. The van der Waals surface area contributed by atoms with Crippen LogP contribution < -0.4 is 5.32 Å². The number of nitrogens with zero attached hydrogens (tertiary/aromatic N) is 2. The number of carbonyl (C=O) groups excluding carboxylic acids is 1. The molecule has 7 nitrogen and oxygen atoms in total. The van der Waals surface area contributed by atoms with Crippen LogP contribution in [0.25, 0.3) is 5.69 Å². The van der Waals surface area contributed by atoms with Gasteiger partial charge >= 0.3 is 12.1 Å². The molecule has 0 saturated carbocycles. The van der Waals surface area contributed by atoms with E-state index in [2.05, 4.69) is 10.4 Å². The zero-order valence-electron chi connectivity index (χ0n) is 14.6. The van der Waals surface area contributed by atoms with E-state index in [1.807, 2.05) is 13.8 Å². The smallest absolute Gasteiger partial charge is 0.434 e. The van der Waals surface area contributed by atoms with Gasteiger partial charge in [-0.1, -0.05) is 6.07 Å². The number of carboxylic acid groups (broad SMARTS) is 1. The van der Waals surface area contributed by atoms with Crippen molar-refractivity contribution in [2.24, 2.45) is 0 Å². The number of nitrogens with one attached hydrogen (secondary N) is 1. The van der Waals surface area contributed by atoms with Crippen molar-refractivity contribution < 1.29 is 32.6 Å². The SMILES string of the molecule is CC(C)OCCC(=O)Nc1cccc(-n2ncc(C(=O)O)c2C(F)(F)F)c1. The molecule has 0 aliphatic heterocycles. The van der Waals surface area contributed by atoms with Gasteiger partial charge in [0.05, 0.1) is 31.0 Å². The molecule has 0 aliphatic rings. The Morgan fingerprint density at radius 2 is 2.04 bits per heavy atom. The highest BCUT2D eigenvalue weighted by Gasteiger charge is 2.40. The third-order valence-corrected chi connectivity index (χ3v) is 3.42. The quantitative estimate of drug-likeness (QED) is 0.763. The molecule has 146 valence electrons. The van der Waals surface area contributed by atoms with Crippen molar-refractivity contribution >= 4 is 17.6 Å². The second kappa shape index (κ2) is 8.21. The number of anilines is 1. The fourth-order valence-electron chi connectivity index (χ4n) is 2.30. The first-order chi connectivity index (χ1) is 12.6. The summed E-state index contributed by atoms with van der Waals surface area (Å²) in [6, 6.07) is 5.53. The molecule has 0 saturated heterocycles. The topological polar surface area (TPSA) is 93.5 Å². The van der Waals surface area contributed by atoms with Crippen molar-refractivity contribution in [1.82, 2.24) is 9.78 Å². The number of hydrogen-bond donors (Lipinski definition) is 2. The summed E-state index contributed by atoms with van der Waals surface area (Å²) in [5.74, 6) is -2.10. The predicted octanol–water partition coefficient (Wildman–Crippen LogP) is 3.34. The molecule has 0 radical (unpaired) electrons. The zero-order valence-corrected chi connectivity index (χ0v) is 14.6. The third-order valence-electron chi connectivity index (χ3n) is 3.42. The monoisotopic (exact) mass is 385 g/mol. The van der Waals surface area contributed by atoms with E-state index in [1.54, 1.807) is 0 Å². The van der Waals surface area contributed by atoms with Crippen molar-refractivity contribution in [2.75, 3.05) is 11.9 Å². The Morgan fingerprint density at radius 3 is 2.63 bits per heavy atom. The Balaban J connectivity index is 2.26. The maximum atomic E-state index is 13.3. The van der Waals surface area contributed by atoms with Crippen molar-refractivity contribution in [3.63, 3.8) is 0 Å². The van der Waals surface area contributed by atoms with E-state index < -0.39 is 23.4 Å². The maximum absolute atomic E-state index is 13.3. The average molecular weight is 385 g/mol. The number of carbonyl (C=O) groups is 2. The molecule has 10 heteroatoms. The van der Waals surface area contributed by atoms with E-state index in [1.165, 1.54) is 24.3 Å². The van der Waals surface area contributed by atoms with E-state index >= 15 is 0 Å². The van der Waals surface area contributed by atoms with E-state index in [4.69, 9.17) is 9.84 Å². The van der Waals surface area contributed by atoms with Crippen molar-refractivity contribution in [1.29, 1.82) is 0 Å². The summed E-state index contributed by atoms with van der Waals surface area (Å²) in [7, 11) is 0. The Hall–Kier alpha value is -2.88. The van der Waals surface area contributed by atoms with E-state index in [0.717, 1.165) is 0 Å². The average Bonchev–Trinajstić information content (AvgIpc) is 3.00.